The van der Waals surface area contributed by atoms with Crippen molar-refractivity contribution >= 4 is 31.7 Å². The number of hydrogen-bond donors (Lipinski definition) is 1. The molecule has 6 nitrogen and oxygen atoms in total. The summed E-state index contributed by atoms with van der Waals surface area (Å²) in [5.74, 6) is -0.980. The molecule has 2 rings (SSSR count). The second-order valence-electron chi connectivity index (χ2n) is 3.78. The van der Waals surface area contributed by atoms with Gasteiger partial charge < -0.3 is 9.63 Å². The third-order valence-electron chi connectivity index (χ3n) is 2.38. The predicted octanol–water partition coefficient (Wildman–Crippen LogP) is 2.21. The molecule has 0 radical (unpaired) electrons. The maximum Gasteiger partial charge on any atom is 0.359 e. The van der Waals surface area contributed by atoms with E-state index in [1.807, 2.05) is 0 Å². The first-order chi connectivity index (χ1) is 8.80. The number of carboxylic acids is 1. The topological polar surface area (TPSA) is 97.5 Å². The number of rotatable bonds is 3. The van der Waals surface area contributed by atoms with Gasteiger partial charge in [0.2, 0.25) is 5.69 Å². The first-order valence-corrected chi connectivity index (χ1v) is 7.68. The molecule has 19 heavy (non-hydrogen) atoms. The maximum absolute atomic E-state index is 11.3. The normalized spacial score (nSPS) is 11.5. The number of hydrogen-bond acceptors (Lipinski definition) is 5. The van der Waals surface area contributed by atoms with Crippen LogP contribution in [0.15, 0.2) is 38.2 Å². The van der Waals surface area contributed by atoms with Gasteiger partial charge in [-0.3, -0.25) is 0 Å². The quantitative estimate of drug-likeness (QED) is 0.915. The summed E-state index contributed by atoms with van der Waals surface area (Å²) in [4.78, 5) is 11.0. The fraction of sp³-hybridized carbons (Fsp3) is 0.0909. The van der Waals surface area contributed by atoms with Gasteiger partial charge in [0, 0.05) is 11.8 Å². The van der Waals surface area contributed by atoms with Crippen LogP contribution in [0.3, 0.4) is 0 Å². The van der Waals surface area contributed by atoms with Crippen molar-refractivity contribution in [2.75, 3.05) is 6.26 Å². The van der Waals surface area contributed by atoms with Gasteiger partial charge in [0.15, 0.2) is 15.6 Å². The van der Waals surface area contributed by atoms with Gasteiger partial charge in [-0.05, 0) is 40.2 Å². The Morgan fingerprint density at radius 2 is 1.89 bits per heavy atom. The van der Waals surface area contributed by atoms with Gasteiger partial charge in [-0.15, -0.1) is 0 Å². The SMILES string of the molecule is CS(=O)(=O)c1ccc(-c2onc(C(=O)O)c2Br)cc1. The van der Waals surface area contributed by atoms with E-state index in [1.165, 1.54) is 24.3 Å². The van der Waals surface area contributed by atoms with Crippen molar-refractivity contribution in [2.24, 2.45) is 0 Å². The number of sulfone groups is 1. The molecule has 0 aliphatic heterocycles. The molecule has 0 bridgehead atoms. The third kappa shape index (κ3) is 2.69. The lowest BCUT2D eigenvalue weighted by Gasteiger charge is -2.00. The van der Waals surface area contributed by atoms with Crippen LogP contribution in [-0.4, -0.2) is 30.9 Å². The van der Waals surface area contributed by atoms with E-state index in [0.717, 1.165) is 6.26 Å². The summed E-state index contributed by atoms with van der Waals surface area (Å²) < 4.78 is 27.8. The molecule has 1 heterocycles. The van der Waals surface area contributed by atoms with Crippen LogP contribution in [-0.2, 0) is 9.84 Å². The van der Waals surface area contributed by atoms with Crippen molar-refractivity contribution in [3.8, 4) is 11.3 Å². The number of nitrogens with zero attached hydrogens (tertiary/aromatic N) is 1. The molecule has 0 aliphatic carbocycles. The number of halogens is 1. The Labute approximate surface area is 117 Å². The molecule has 0 unspecified atom stereocenters. The number of carboxylic acid groups (broad SMARTS) is 1. The largest absolute Gasteiger partial charge is 0.476 e. The second kappa shape index (κ2) is 4.78. The molecular formula is C11H8BrNO5S. The minimum Gasteiger partial charge on any atom is -0.476 e. The van der Waals surface area contributed by atoms with Gasteiger partial charge in [-0.2, -0.15) is 0 Å². The molecule has 0 aliphatic rings. The zero-order chi connectivity index (χ0) is 14.2. The molecule has 0 atom stereocenters. The summed E-state index contributed by atoms with van der Waals surface area (Å²) in [7, 11) is -3.27. The van der Waals surface area contributed by atoms with Crippen molar-refractivity contribution in [2.45, 2.75) is 4.90 Å². The fourth-order valence-electron chi connectivity index (χ4n) is 1.44. The molecule has 2 aromatic rings. The van der Waals surface area contributed by atoms with E-state index >= 15 is 0 Å². The van der Waals surface area contributed by atoms with E-state index in [1.54, 1.807) is 0 Å². The first kappa shape index (κ1) is 13.8. The summed E-state index contributed by atoms with van der Waals surface area (Å²) in [6, 6.07) is 5.88. The lowest BCUT2D eigenvalue weighted by atomic mass is 10.1. The zero-order valence-corrected chi connectivity index (χ0v) is 12.0. The Bertz CT molecular complexity index is 733. The summed E-state index contributed by atoms with van der Waals surface area (Å²) in [6.07, 6.45) is 1.11. The Kier molecular flexibility index (Phi) is 3.46. The minimum atomic E-state index is -3.27. The van der Waals surface area contributed by atoms with Crippen molar-refractivity contribution < 1.29 is 22.8 Å². The highest BCUT2D eigenvalue weighted by Crippen LogP contribution is 2.31. The Morgan fingerprint density at radius 3 is 2.32 bits per heavy atom. The van der Waals surface area contributed by atoms with E-state index in [-0.39, 0.29) is 20.8 Å². The van der Waals surface area contributed by atoms with Crippen LogP contribution in [0.4, 0.5) is 0 Å². The van der Waals surface area contributed by atoms with Crippen LogP contribution >= 0.6 is 15.9 Å². The Morgan fingerprint density at radius 1 is 1.32 bits per heavy atom. The maximum atomic E-state index is 11.3. The molecule has 8 heteroatoms. The Hall–Kier alpha value is -1.67. The summed E-state index contributed by atoms with van der Waals surface area (Å²) in [5, 5.41) is 12.3. The number of aromatic nitrogens is 1. The van der Waals surface area contributed by atoms with Crippen LogP contribution in [0, 0.1) is 0 Å². The van der Waals surface area contributed by atoms with Crippen LogP contribution in [0.1, 0.15) is 10.5 Å². The van der Waals surface area contributed by atoms with Gasteiger partial charge in [0.1, 0.15) is 4.47 Å². The molecule has 100 valence electrons. The van der Waals surface area contributed by atoms with E-state index in [2.05, 4.69) is 21.1 Å². The molecule has 0 spiro atoms. The highest BCUT2D eigenvalue weighted by Gasteiger charge is 2.20. The van der Waals surface area contributed by atoms with Crippen molar-refractivity contribution in [1.29, 1.82) is 0 Å². The van der Waals surface area contributed by atoms with E-state index < -0.39 is 15.8 Å². The molecule has 0 saturated heterocycles. The minimum absolute atomic E-state index is 0.172. The lowest BCUT2D eigenvalue weighted by molar-refractivity contribution is 0.0685. The van der Waals surface area contributed by atoms with E-state index in [0.29, 0.717) is 5.56 Å². The third-order valence-corrected chi connectivity index (χ3v) is 4.25. The first-order valence-electron chi connectivity index (χ1n) is 4.99. The van der Waals surface area contributed by atoms with Crippen molar-refractivity contribution in [1.82, 2.24) is 5.16 Å². The molecule has 1 N–H and O–H groups in total. The van der Waals surface area contributed by atoms with Gasteiger partial charge >= 0.3 is 5.97 Å². The number of carbonyl (C=O) groups is 1. The summed E-state index contributed by atoms with van der Waals surface area (Å²) >= 11 is 3.09. The van der Waals surface area contributed by atoms with Crippen LogP contribution < -0.4 is 0 Å². The fourth-order valence-corrected chi connectivity index (χ4v) is 2.62. The van der Waals surface area contributed by atoms with E-state index in [9.17, 15) is 13.2 Å². The summed E-state index contributed by atoms with van der Waals surface area (Å²) in [5.41, 5.74) is 0.293. The van der Waals surface area contributed by atoms with Gasteiger partial charge in [-0.1, -0.05) is 5.16 Å². The zero-order valence-electron chi connectivity index (χ0n) is 9.62. The molecule has 1 aromatic carbocycles. The molecule has 0 fully saturated rings. The molecule has 0 amide bonds. The van der Waals surface area contributed by atoms with Gasteiger partial charge in [0.05, 0.1) is 4.90 Å². The van der Waals surface area contributed by atoms with Crippen LogP contribution in [0.5, 0.6) is 0 Å². The molecular weight excluding hydrogens is 338 g/mol. The van der Waals surface area contributed by atoms with Crippen molar-refractivity contribution in [3.05, 3.63) is 34.4 Å². The van der Waals surface area contributed by atoms with E-state index in [4.69, 9.17) is 9.63 Å². The van der Waals surface area contributed by atoms with Gasteiger partial charge in [-0.25, -0.2) is 13.2 Å². The Balaban J connectivity index is 2.46. The molecule has 0 saturated carbocycles. The highest BCUT2D eigenvalue weighted by molar-refractivity contribution is 9.10. The van der Waals surface area contributed by atoms with Crippen LogP contribution in [0.25, 0.3) is 11.3 Å². The number of benzene rings is 1. The average Bonchev–Trinajstić information content (AvgIpc) is 2.70. The average molecular weight is 346 g/mol. The smallest absolute Gasteiger partial charge is 0.359 e. The van der Waals surface area contributed by atoms with Crippen molar-refractivity contribution in [3.63, 3.8) is 0 Å². The molecule has 1 aromatic heterocycles. The van der Waals surface area contributed by atoms with Gasteiger partial charge in [0.25, 0.3) is 0 Å². The summed E-state index contributed by atoms with van der Waals surface area (Å²) in [6.45, 7) is 0. The monoisotopic (exact) mass is 345 g/mol. The predicted molar refractivity (Wildman–Crippen MR) is 69.7 cm³/mol. The van der Waals surface area contributed by atoms with Crippen LogP contribution in [0.2, 0.25) is 0 Å². The standard InChI is InChI=1S/C11H8BrNO5S/c1-19(16,17)7-4-2-6(3-5-7)10-8(12)9(11(14)15)13-18-10/h2-5H,1H3,(H,14,15). The lowest BCUT2D eigenvalue weighted by Crippen LogP contribution is -1.97. The number of aromatic carboxylic acids is 1. The second-order valence-corrected chi connectivity index (χ2v) is 6.58. The highest BCUT2D eigenvalue weighted by atomic mass is 79.9.